The Morgan fingerprint density at radius 1 is 1.02 bits per heavy atom. The molecule has 4 heterocycles. The molecule has 14 heteroatoms. The van der Waals surface area contributed by atoms with E-state index >= 15 is 0 Å². The van der Waals surface area contributed by atoms with Crippen LogP contribution in [0, 0.1) is 6.92 Å². The molecule has 2 aliphatic heterocycles. The lowest BCUT2D eigenvalue weighted by molar-refractivity contribution is -0.134. The van der Waals surface area contributed by atoms with Crippen molar-refractivity contribution in [2.75, 3.05) is 13.2 Å². The monoisotopic (exact) mass is 671 g/mol. The molecular weight excluding hydrogens is 634 g/mol. The fourth-order valence-electron chi connectivity index (χ4n) is 5.66. The van der Waals surface area contributed by atoms with Crippen LogP contribution in [0.4, 0.5) is 0 Å². The van der Waals surface area contributed by atoms with Gasteiger partial charge in [-0.25, -0.2) is 4.98 Å². The van der Waals surface area contributed by atoms with E-state index in [4.69, 9.17) is 4.74 Å². The first-order chi connectivity index (χ1) is 23.1. The molecule has 250 valence electrons. The summed E-state index contributed by atoms with van der Waals surface area (Å²) < 4.78 is 7.48. The normalized spacial score (nSPS) is 21.8. The topological polar surface area (TPSA) is 172 Å². The summed E-state index contributed by atoms with van der Waals surface area (Å²) in [4.78, 5) is 72.6. The number of carbonyl (C=O) groups excluding carboxylic acids is 5. The SMILES string of the molecule is Cc1nc2sccn2c1C(=O)N[C@H]1Cc2ccc(cc2)OCCNC(=O)C2(CC2)NC(=O)[C@@H](Cc2ccccc2)NC(=O)[C@H](C)NC1=O. The van der Waals surface area contributed by atoms with E-state index in [2.05, 4.69) is 31.6 Å². The molecule has 0 saturated heterocycles. The van der Waals surface area contributed by atoms with Crippen LogP contribution in [0.3, 0.4) is 0 Å². The molecule has 4 aromatic rings. The number of thiazole rings is 1. The molecular formula is C34H37N7O6S. The summed E-state index contributed by atoms with van der Waals surface area (Å²) in [6.45, 7) is 3.65. The zero-order valence-corrected chi connectivity index (χ0v) is 27.4. The first kappa shape index (κ1) is 32.7. The lowest BCUT2D eigenvalue weighted by Gasteiger charge is -2.25. The maximum absolute atomic E-state index is 13.8. The summed E-state index contributed by atoms with van der Waals surface area (Å²) in [6, 6.07) is 13.1. The number of ether oxygens (including phenoxy) is 1. The lowest BCUT2D eigenvalue weighted by atomic mass is 10.0. The van der Waals surface area contributed by atoms with Gasteiger partial charge in [-0.05, 0) is 49.9 Å². The maximum Gasteiger partial charge on any atom is 0.270 e. The second-order valence-corrected chi connectivity index (χ2v) is 13.0. The van der Waals surface area contributed by atoms with Crippen molar-refractivity contribution in [2.45, 2.75) is 63.2 Å². The fourth-order valence-corrected chi connectivity index (χ4v) is 6.42. The zero-order chi connectivity index (χ0) is 33.8. The predicted octanol–water partition coefficient (Wildman–Crippen LogP) is 1.43. The maximum atomic E-state index is 13.8. The van der Waals surface area contributed by atoms with E-state index in [1.807, 2.05) is 35.7 Å². The number of rotatable bonds is 4. The largest absolute Gasteiger partial charge is 0.492 e. The van der Waals surface area contributed by atoms with Gasteiger partial charge in [0.15, 0.2) is 4.96 Å². The molecule has 7 rings (SSSR count). The van der Waals surface area contributed by atoms with Gasteiger partial charge < -0.3 is 31.3 Å². The van der Waals surface area contributed by atoms with Crippen molar-refractivity contribution in [3.05, 3.63) is 88.7 Å². The minimum absolute atomic E-state index is 0.119. The molecule has 48 heavy (non-hydrogen) atoms. The number of aryl methyl sites for hydroxylation is 1. The molecule has 5 N–H and O–H groups in total. The van der Waals surface area contributed by atoms with Crippen LogP contribution >= 0.6 is 11.3 Å². The highest BCUT2D eigenvalue weighted by Gasteiger charge is 2.51. The van der Waals surface area contributed by atoms with E-state index < -0.39 is 47.3 Å². The third kappa shape index (κ3) is 7.33. The molecule has 0 unspecified atom stereocenters. The highest BCUT2D eigenvalue weighted by Crippen LogP contribution is 2.35. The molecule has 2 aromatic heterocycles. The Balaban J connectivity index is 1.26. The van der Waals surface area contributed by atoms with Crippen LogP contribution in [0.2, 0.25) is 0 Å². The molecule has 2 bridgehead atoms. The van der Waals surface area contributed by atoms with Gasteiger partial charge in [0, 0.05) is 24.4 Å². The van der Waals surface area contributed by atoms with E-state index in [0.717, 1.165) is 11.1 Å². The zero-order valence-electron chi connectivity index (χ0n) is 26.6. The Bertz CT molecular complexity index is 1830. The number of amides is 5. The standard InChI is InChI=1S/C34H37N7O6S/c1-20-27(41-15-17-48-33(41)37-20)31(45)39-25-19-23-8-10-24(11-9-23)47-16-14-35-32(46)34(12-13-34)40-30(44)26(18-22-6-4-3-5-7-22)38-28(42)21(2)36-29(25)43/h3-11,15,17,21,25-26H,12-14,16,18-19H2,1-2H3,(H,35,46)(H,36,43)(H,38,42)(H,39,45)(H,40,44)/t21-,25-,26+/m0/s1. The summed E-state index contributed by atoms with van der Waals surface area (Å²) in [5.41, 5.74) is 1.32. The summed E-state index contributed by atoms with van der Waals surface area (Å²) in [5.74, 6) is -1.92. The Morgan fingerprint density at radius 2 is 1.77 bits per heavy atom. The van der Waals surface area contributed by atoms with Crippen molar-refractivity contribution >= 4 is 45.8 Å². The Labute approximate surface area is 280 Å². The van der Waals surface area contributed by atoms with Crippen LogP contribution in [-0.4, -0.2) is 75.7 Å². The third-order valence-corrected chi connectivity index (χ3v) is 9.26. The second kappa shape index (κ2) is 13.9. The smallest absolute Gasteiger partial charge is 0.270 e. The Hall–Kier alpha value is -5.24. The van der Waals surface area contributed by atoms with Crippen LogP contribution in [0.5, 0.6) is 5.75 Å². The highest BCUT2D eigenvalue weighted by molar-refractivity contribution is 7.15. The van der Waals surface area contributed by atoms with Crippen molar-refractivity contribution in [1.29, 1.82) is 0 Å². The number of benzene rings is 2. The number of hydrogen-bond donors (Lipinski definition) is 5. The van der Waals surface area contributed by atoms with Crippen molar-refractivity contribution in [1.82, 2.24) is 36.0 Å². The van der Waals surface area contributed by atoms with Crippen LogP contribution < -0.4 is 31.3 Å². The summed E-state index contributed by atoms with van der Waals surface area (Å²) in [6.07, 6.45) is 2.96. The van der Waals surface area contributed by atoms with Crippen LogP contribution in [0.15, 0.2) is 66.2 Å². The highest BCUT2D eigenvalue weighted by atomic mass is 32.1. The van der Waals surface area contributed by atoms with Crippen molar-refractivity contribution < 1.29 is 28.7 Å². The van der Waals surface area contributed by atoms with Gasteiger partial charge in [-0.2, -0.15) is 0 Å². The van der Waals surface area contributed by atoms with Crippen molar-refractivity contribution in [2.24, 2.45) is 0 Å². The van der Waals surface area contributed by atoms with Gasteiger partial charge in [0.2, 0.25) is 23.6 Å². The molecule has 1 saturated carbocycles. The van der Waals surface area contributed by atoms with Gasteiger partial charge in [-0.3, -0.25) is 28.4 Å². The molecule has 1 aliphatic carbocycles. The number of hydrogen-bond acceptors (Lipinski definition) is 8. The summed E-state index contributed by atoms with van der Waals surface area (Å²) in [5, 5.41) is 15.9. The predicted molar refractivity (Wildman–Crippen MR) is 177 cm³/mol. The van der Waals surface area contributed by atoms with E-state index in [1.54, 1.807) is 41.8 Å². The third-order valence-electron chi connectivity index (χ3n) is 8.51. The van der Waals surface area contributed by atoms with E-state index in [1.165, 1.54) is 18.3 Å². The van der Waals surface area contributed by atoms with Crippen molar-refractivity contribution in [3.8, 4) is 5.75 Å². The molecule has 1 spiro atoms. The van der Waals surface area contributed by atoms with E-state index in [9.17, 15) is 24.0 Å². The minimum atomic E-state index is -1.07. The van der Waals surface area contributed by atoms with Crippen LogP contribution in [-0.2, 0) is 32.0 Å². The van der Waals surface area contributed by atoms with Gasteiger partial charge in [-0.15, -0.1) is 11.3 Å². The molecule has 5 amide bonds. The molecule has 0 radical (unpaired) electrons. The molecule has 3 aliphatic rings. The number of carbonyl (C=O) groups is 5. The quantitative estimate of drug-likeness (QED) is 0.204. The van der Waals surface area contributed by atoms with Gasteiger partial charge in [0.05, 0.1) is 12.2 Å². The average Bonchev–Trinajstić information content (AvgIpc) is 3.60. The number of nitrogens with zero attached hydrogens (tertiary/aromatic N) is 2. The van der Waals surface area contributed by atoms with Gasteiger partial charge in [-0.1, -0.05) is 42.5 Å². The number of imidazole rings is 1. The molecule has 3 atom stereocenters. The van der Waals surface area contributed by atoms with E-state index in [-0.39, 0.29) is 31.9 Å². The number of nitrogens with one attached hydrogen (secondary N) is 5. The van der Waals surface area contributed by atoms with E-state index in [0.29, 0.717) is 34.9 Å². The van der Waals surface area contributed by atoms with Crippen molar-refractivity contribution in [3.63, 3.8) is 0 Å². The minimum Gasteiger partial charge on any atom is -0.492 e. The second-order valence-electron chi connectivity index (χ2n) is 12.1. The molecule has 1 fully saturated rings. The number of aromatic nitrogens is 2. The lowest BCUT2D eigenvalue weighted by Crippen LogP contribution is -2.59. The summed E-state index contributed by atoms with van der Waals surface area (Å²) >= 11 is 1.39. The average molecular weight is 672 g/mol. The molecule has 2 aromatic carbocycles. The van der Waals surface area contributed by atoms with Gasteiger partial charge in [0.1, 0.15) is 41.7 Å². The van der Waals surface area contributed by atoms with Gasteiger partial charge in [0.25, 0.3) is 5.91 Å². The summed E-state index contributed by atoms with van der Waals surface area (Å²) in [7, 11) is 0. The Kier molecular flexibility index (Phi) is 9.44. The van der Waals surface area contributed by atoms with Crippen LogP contribution in [0.1, 0.15) is 47.1 Å². The molecule has 13 nitrogen and oxygen atoms in total. The fraction of sp³-hybridized carbons (Fsp3) is 0.353. The van der Waals surface area contributed by atoms with Gasteiger partial charge >= 0.3 is 0 Å². The first-order valence-electron chi connectivity index (χ1n) is 15.8. The first-order valence-corrected chi connectivity index (χ1v) is 16.7. The Morgan fingerprint density at radius 3 is 2.50 bits per heavy atom. The number of fused-ring (bicyclic) bond motifs is 16. The van der Waals surface area contributed by atoms with Crippen LogP contribution in [0.25, 0.3) is 4.96 Å².